The van der Waals surface area contributed by atoms with Gasteiger partial charge >= 0.3 is 0 Å². The van der Waals surface area contributed by atoms with Crippen LogP contribution in [-0.4, -0.2) is 4.98 Å². The predicted molar refractivity (Wildman–Crippen MR) is 68.1 cm³/mol. The molecule has 2 N–H and O–H groups in total. The molecular formula is C14H15FN2O. The highest BCUT2D eigenvalue weighted by Gasteiger charge is 2.06. The Kier molecular flexibility index (Phi) is 3.58. The summed E-state index contributed by atoms with van der Waals surface area (Å²) in [6.07, 6.45) is 1.63. The van der Waals surface area contributed by atoms with Crippen molar-refractivity contribution in [2.75, 3.05) is 0 Å². The summed E-state index contributed by atoms with van der Waals surface area (Å²) in [6.45, 7) is 3.75. The number of hydrogen-bond donors (Lipinski definition) is 1. The fraction of sp³-hybridized carbons (Fsp3) is 0.214. The number of benzene rings is 1. The van der Waals surface area contributed by atoms with Crippen molar-refractivity contribution in [3.05, 3.63) is 53.5 Å². The second kappa shape index (κ2) is 5.14. The maximum absolute atomic E-state index is 13.5. The molecule has 1 aromatic heterocycles. The van der Waals surface area contributed by atoms with E-state index >= 15 is 0 Å². The summed E-state index contributed by atoms with van der Waals surface area (Å²) in [5.41, 5.74) is 7.56. The van der Waals surface area contributed by atoms with Gasteiger partial charge in [0.05, 0.1) is 0 Å². The van der Waals surface area contributed by atoms with Crippen molar-refractivity contribution < 1.29 is 9.13 Å². The topological polar surface area (TPSA) is 48.1 Å². The summed E-state index contributed by atoms with van der Waals surface area (Å²) in [7, 11) is 0. The lowest BCUT2D eigenvalue weighted by Crippen LogP contribution is -2.05. The van der Waals surface area contributed by atoms with Gasteiger partial charge in [-0.25, -0.2) is 9.37 Å². The van der Waals surface area contributed by atoms with E-state index in [1.54, 1.807) is 24.4 Å². The van der Waals surface area contributed by atoms with Crippen LogP contribution in [0.25, 0.3) is 0 Å². The van der Waals surface area contributed by atoms with Gasteiger partial charge in [-0.05, 0) is 37.1 Å². The molecule has 0 saturated heterocycles. The minimum atomic E-state index is -0.404. The average molecular weight is 246 g/mol. The van der Waals surface area contributed by atoms with Gasteiger partial charge in [0.2, 0.25) is 5.88 Å². The lowest BCUT2D eigenvalue weighted by molar-refractivity contribution is 0.426. The first-order valence-electron chi connectivity index (χ1n) is 5.72. The van der Waals surface area contributed by atoms with E-state index in [1.165, 1.54) is 6.07 Å². The standard InChI is InChI=1S/C14H15FN2O/c1-9-3-5-12(15)13(7-9)18-14-6-4-11(8-17-14)10(2)16/h3-8,10H,16H2,1-2H3. The fourth-order valence-corrected chi connectivity index (χ4v) is 1.52. The van der Waals surface area contributed by atoms with E-state index < -0.39 is 5.82 Å². The second-order valence-corrected chi connectivity index (χ2v) is 4.25. The second-order valence-electron chi connectivity index (χ2n) is 4.25. The van der Waals surface area contributed by atoms with Gasteiger partial charge < -0.3 is 10.5 Å². The molecule has 1 aromatic carbocycles. The number of aromatic nitrogens is 1. The Balaban J connectivity index is 2.21. The number of aryl methyl sites for hydroxylation is 1. The molecule has 0 bridgehead atoms. The minimum Gasteiger partial charge on any atom is -0.436 e. The molecule has 0 aliphatic heterocycles. The SMILES string of the molecule is Cc1ccc(F)c(Oc2ccc(C(C)N)cn2)c1. The quantitative estimate of drug-likeness (QED) is 0.903. The Morgan fingerprint density at radius 1 is 1.28 bits per heavy atom. The van der Waals surface area contributed by atoms with Crippen LogP contribution in [0, 0.1) is 12.7 Å². The van der Waals surface area contributed by atoms with E-state index in [2.05, 4.69) is 4.98 Å². The van der Waals surface area contributed by atoms with Crippen LogP contribution in [0.15, 0.2) is 36.5 Å². The molecular weight excluding hydrogens is 231 g/mol. The van der Waals surface area contributed by atoms with E-state index in [9.17, 15) is 4.39 Å². The molecule has 2 rings (SSSR count). The number of halogens is 1. The average Bonchev–Trinajstić information content (AvgIpc) is 2.34. The molecule has 0 fully saturated rings. The lowest BCUT2D eigenvalue weighted by atomic mass is 10.2. The fourth-order valence-electron chi connectivity index (χ4n) is 1.52. The molecule has 1 unspecified atom stereocenters. The van der Waals surface area contributed by atoms with Gasteiger partial charge in [-0.3, -0.25) is 0 Å². The molecule has 2 aromatic rings. The molecule has 0 amide bonds. The zero-order valence-electron chi connectivity index (χ0n) is 10.4. The van der Waals surface area contributed by atoms with E-state index in [0.29, 0.717) is 5.88 Å². The number of pyridine rings is 1. The Hall–Kier alpha value is -1.94. The van der Waals surface area contributed by atoms with Crippen LogP contribution in [0.1, 0.15) is 24.1 Å². The van der Waals surface area contributed by atoms with Crippen LogP contribution >= 0.6 is 0 Å². The van der Waals surface area contributed by atoms with Crippen molar-refractivity contribution in [3.8, 4) is 11.6 Å². The molecule has 1 atom stereocenters. The third-order valence-corrected chi connectivity index (χ3v) is 2.59. The van der Waals surface area contributed by atoms with Crippen molar-refractivity contribution in [2.24, 2.45) is 5.73 Å². The van der Waals surface area contributed by atoms with Gasteiger partial charge in [0.15, 0.2) is 11.6 Å². The highest BCUT2D eigenvalue weighted by atomic mass is 19.1. The Labute approximate surface area is 105 Å². The first kappa shape index (κ1) is 12.5. The van der Waals surface area contributed by atoms with Crippen molar-refractivity contribution in [2.45, 2.75) is 19.9 Å². The molecule has 18 heavy (non-hydrogen) atoms. The zero-order valence-corrected chi connectivity index (χ0v) is 10.4. The van der Waals surface area contributed by atoms with E-state index in [0.717, 1.165) is 11.1 Å². The van der Waals surface area contributed by atoms with Gasteiger partial charge in [0, 0.05) is 18.3 Å². The number of rotatable bonds is 3. The van der Waals surface area contributed by atoms with E-state index in [4.69, 9.17) is 10.5 Å². The van der Waals surface area contributed by atoms with Gasteiger partial charge in [-0.2, -0.15) is 0 Å². The van der Waals surface area contributed by atoms with E-state index in [1.807, 2.05) is 19.9 Å². The summed E-state index contributed by atoms with van der Waals surface area (Å²) in [6, 6.07) is 8.12. The molecule has 94 valence electrons. The number of nitrogens with zero attached hydrogens (tertiary/aromatic N) is 1. The van der Waals surface area contributed by atoms with Crippen LogP contribution in [0.5, 0.6) is 11.6 Å². The van der Waals surface area contributed by atoms with Gasteiger partial charge in [-0.1, -0.05) is 12.1 Å². The van der Waals surface area contributed by atoms with Gasteiger partial charge in [0.1, 0.15) is 0 Å². The maximum atomic E-state index is 13.5. The van der Waals surface area contributed by atoms with Crippen LogP contribution in [-0.2, 0) is 0 Å². The van der Waals surface area contributed by atoms with Crippen molar-refractivity contribution in [3.63, 3.8) is 0 Å². The smallest absolute Gasteiger partial charge is 0.219 e. The van der Waals surface area contributed by atoms with E-state index in [-0.39, 0.29) is 11.8 Å². The van der Waals surface area contributed by atoms with Crippen LogP contribution < -0.4 is 10.5 Å². The van der Waals surface area contributed by atoms with Crippen molar-refractivity contribution >= 4 is 0 Å². The Morgan fingerprint density at radius 2 is 2.06 bits per heavy atom. The first-order valence-corrected chi connectivity index (χ1v) is 5.72. The normalized spacial score (nSPS) is 12.2. The summed E-state index contributed by atoms with van der Waals surface area (Å²) >= 11 is 0. The summed E-state index contributed by atoms with van der Waals surface area (Å²) in [4.78, 5) is 4.10. The maximum Gasteiger partial charge on any atom is 0.219 e. The molecule has 1 heterocycles. The van der Waals surface area contributed by atoms with Crippen LogP contribution in [0.4, 0.5) is 4.39 Å². The third kappa shape index (κ3) is 2.84. The number of ether oxygens (including phenoxy) is 1. The number of nitrogens with two attached hydrogens (primary N) is 1. The monoisotopic (exact) mass is 246 g/mol. The molecule has 0 aliphatic carbocycles. The van der Waals surface area contributed by atoms with Crippen LogP contribution in [0.3, 0.4) is 0 Å². The highest BCUT2D eigenvalue weighted by Crippen LogP contribution is 2.24. The predicted octanol–water partition coefficient (Wildman–Crippen LogP) is 3.34. The molecule has 0 radical (unpaired) electrons. The highest BCUT2D eigenvalue weighted by molar-refractivity contribution is 5.33. The Morgan fingerprint density at radius 3 is 2.67 bits per heavy atom. The molecule has 4 heteroatoms. The van der Waals surface area contributed by atoms with Crippen molar-refractivity contribution in [1.82, 2.24) is 4.98 Å². The minimum absolute atomic E-state index is 0.0812. The van der Waals surface area contributed by atoms with Gasteiger partial charge in [-0.15, -0.1) is 0 Å². The molecule has 0 aliphatic rings. The van der Waals surface area contributed by atoms with Gasteiger partial charge in [0.25, 0.3) is 0 Å². The van der Waals surface area contributed by atoms with Crippen LogP contribution in [0.2, 0.25) is 0 Å². The van der Waals surface area contributed by atoms with Crippen molar-refractivity contribution in [1.29, 1.82) is 0 Å². The number of hydrogen-bond acceptors (Lipinski definition) is 3. The largest absolute Gasteiger partial charge is 0.436 e. The zero-order chi connectivity index (χ0) is 13.1. The molecule has 0 spiro atoms. The molecule has 3 nitrogen and oxygen atoms in total. The first-order chi connectivity index (χ1) is 8.56. The summed E-state index contributed by atoms with van der Waals surface area (Å²) in [5, 5.41) is 0. The lowest BCUT2D eigenvalue weighted by Gasteiger charge is -2.08. The summed E-state index contributed by atoms with van der Waals surface area (Å²) < 4.78 is 18.9. The molecule has 0 saturated carbocycles. The third-order valence-electron chi connectivity index (χ3n) is 2.59. The summed E-state index contributed by atoms with van der Waals surface area (Å²) in [5.74, 6) is 0.124. The Bertz CT molecular complexity index is 538.